The van der Waals surface area contributed by atoms with Crippen LogP contribution in [0.5, 0.6) is 0 Å². The third-order valence-corrected chi connectivity index (χ3v) is 4.39. The van der Waals surface area contributed by atoms with Crippen molar-refractivity contribution in [1.82, 2.24) is 9.97 Å². The van der Waals surface area contributed by atoms with Gasteiger partial charge in [-0.1, -0.05) is 13.8 Å². The van der Waals surface area contributed by atoms with E-state index < -0.39 is 0 Å². The van der Waals surface area contributed by atoms with Crippen LogP contribution < -0.4 is 10.6 Å². The molecule has 0 spiro atoms. The zero-order valence-corrected chi connectivity index (χ0v) is 12.0. The molecule has 1 fully saturated rings. The Morgan fingerprint density at radius 1 is 1.42 bits per heavy atom. The molecular weight excluding hydrogens is 236 g/mol. The normalized spacial score (nSPS) is 26.1. The summed E-state index contributed by atoms with van der Waals surface area (Å²) in [4.78, 5) is 11.6. The SMILES string of the molecule is CC1(C)CCc2nc(N3CCCC(N)C3)ncc2C1. The molecule has 1 aromatic heterocycles. The fraction of sp³-hybridized carbons (Fsp3) is 0.733. The molecule has 4 nitrogen and oxygen atoms in total. The lowest BCUT2D eigenvalue weighted by Crippen LogP contribution is -2.43. The van der Waals surface area contributed by atoms with Gasteiger partial charge in [0.05, 0.1) is 0 Å². The van der Waals surface area contributed by atoms with E-state index in [4.69, 9.17) is 10.7 Å². The molecule has 1 aliphatic carbocycles. The summed E-state index contributed by atoms with van der Waals surface area (Å²) >= 11 is 0. The van der Waals surface area contributed by atoms with Crippen molar-refractivity contribution < 1.29 is 0 Å². The maximum absolute atomic E-state index is 6.04. The number of rotatable bonds is 1. The number of fused-ring (bicyclic) bond motifs is 1. The molecule has 1 aliphatic heterocycles. The summed E-state index contributed by atoms with van der Waals surface area (Å²) in [5.41, 5.74) is 9.02. The highest BCUT2D eigenvalue weighted by Crippen LogP contribution is 2.34. The topological polar surface area (TPSA) is 55.0 Å². The van der Waals surface area contributed by atoms with E-state index in [0.29, 0.717) is 5.41 Å². The fourth-order valence-electron chi connectivity index (χ4n) is 3.20. The Labute approximate surface area is 115 Å². The second-order valence-electron chi connectivity index (χ2n) is 6.83. The van der Waals surface area contributed by atoms with Crippen molar-refractivity contribution in [3.8, 4) is 0 Å². The van der Waals surface area contributed by atoms with E-state index in [-0.39, 0.29) is 6.04 Å². The van der Waals surface area contributed by atoms with E-state index in [0.717, 1.165) is 44.7 Å². The molecule has 1 atom stereocenters. The smallest absolute Gasteiger partial charge is 0.225 e. The lowest BCUT2D eigenvalue weighted by Gasteiger charge is -2.33. The maximum Gasteiger partial charge on any atom is 0.225 e. The van der Waals surface area contributed by atoms with Gasteiger partial charge in [0.25, 0.3) is 0 Å². The van der Waals surface area contributed by atoms with Gasteiger partial charge in [0, 0.05) is 31.0 Å². The quantitative estimate of drug-likeness (QED) is 0.838. The monoisotopic (exact) mass is 260 g/mol. The van der Waals surface area contributed by atoms with Crippen molar-refractivity contribution in [3.63, 3.8) is 0 Å². The van der Waals surface area contributed by atoms with Gasteiger partial charge in [-0.2, -0.15) is 0 Å². The van der Waals surface area contributed by atoms with Gasteiger partial charge in [0.2, 0.25) is 5.95 Å². The first-order valence-corrected chi connectivity index (χ1v) is 7.39. The van der Waals surface area contributed by atoms with Crippen LogP contribution in [0.2, 0.25) is 0 Å². The highest BCUT2D eigenvalue weighted by atomic mass is 15.3. The lowest BCUT2D eigenvalue weighted by molar-refractivity contribution is 0.311. The van der Waals surface area contributed by atoms with E-state index in [1.807, 2.05) is 6.20 Å². The number of hydrogen-bond donors (Lipinski definition) is 1. The van der Waals surface area contributed by atoms with Crippen molar-refractivity contribution in [2.24, 2.45) is 11.1 Å². The number of hydrogen-bond acceptors (Lipinski definition) is 4. The molecule has 0 radical (unpaired) electrons. The molecule has 3 rings (SSSR count). The molecule has 2 aliphatic rings. The molecule has 1 aromatic rings. The average Bonchev–Trinajstić information content (AvgIpc) is 2.37. The lowest BCUT2D eigenvalue weighted by atomic mass is 9.76. The van der Waals surface area contributed by atoms with Gasteiger partial charge in [0.15, 0.2) is 0 Å². The van der Waals surface area contributed by atoms with Gasteiger partial charge in [-0.25, -0.2) is 9.97 Å². The van der Waals surface area contributed by atoms with Crippen LogP contribution in [-0.2, 0) is 12.8 Å². The fourth-order valence-corrected chi connectivity index (χ4v) is 3.20. The van der Waals surface area contributed by atoms with Crippen LogP contribution in [0.4, 0.5) is 5.95 Å². The molecule has 19 heavy (non-hydrogen) atoms. The Morgan fingerprint density at radius 3 is 3.05 bits per heavy atom. The van der Waals surface area contributed by atoms with E-state index in [2.05, 4.69) is 23.7 Å². The van der Waals surface area contributed by atoms with Crippen LogP contribution in [0.15, 0.2) is 6.20 Å². The summed E-state index contributed by atoms with van der Waals surface area (Å²) in [6.45, 7) is 6.59. The van der Waals surface area contributed by atoms with Crippen molar-refractivity contribution in [2.75, 3.05) is 18.0 Å². The van der Waals surface area contributed by atoms with Crippen LogP contribution >= 0.6 is 0 Å². The average molecular weight is 260 g/mol. The number of nitrogens with two attached hydrogens (primary N) is 1. The van der Waals surface area contributed by atoms with Crippen LogP contribution in [0, 0.1) is 5.41 Å². The van der Waals surface area contributed by atoms with E-state index in [9.17, 15) is 0 Å². The molecule has 1 unspecified atom stereocenters. The molecule has 4 heteroatoms. The second-order valence-corrected chi connectivity index (χ2v) is 6.83. The molecule has 2 N–H and O–H groups in total. The Hall–Kier alpha value is -1.16. The van der Waals surface area contributed by atoms with Crippen LogP contribution in [0.1, 0.15) is 44.4 Å². The zero-order chi connectivity index (χ0) is 13.5. The number of piperidine rings is 1. The first-order valence-electron chi connectivity index (χ1n) is 7.39. The minimum atomic E-state index is 0.271. The van der Waals surface area contributed by atoms with Gasteiger partial charge >= 0.3 is 0 Å². The van der Waals surface area contributed by atoms with E-state index in [1.165, 1.54) is 17.7 Å². The first-order chi connectivity index (χ1) is 9.03. The highest BCUT2D eigenvalue weighted by Gasteiger charge is 2.27. The van der Waals surface area contributed by atoms with Gasteiger partial charge in [0.1, 0.15) is 0 Å². The molecule has 1 saturated heterocycles. The summed E-state index contributed by atoms with van der Waals surface area (Å²) in [5.74, 6) is 0.883. The minimum Gasteiger partial charge on any atom is -0.339 e. The number of aromatic nitrogens is 2. The van der Waals surface area contributed by atoms with Crippen LogP contribution in [-0.4, -0.2) is 29.1 Å². The molecule has 2 heterocycles. The molecule has 0 aromatic carbocycles. The number of nitrogens with zero attached hydrogens (tertiary/aromatic N) is 3. The van der Waals surface area contributed by atoms with Crippen molar-refractivity contribution in [3.05, 3.63) is 17.5 Å². The van der Waals surface area contributed by atoms with Gasteiger partial charge in [-0.15, -0.1) is 0 Å². The Balaban J connectivity index is 1.82. The Bertz CT molecular complexity index is 469. The van der Waals surface area contributed by atoms with Crippen molar-refractivity contribution in [1.29, 1.82) is 0 Å². The summed E-state index contributed by atoms with van der Waals surface area (Å²) < 4.78 is 0. The Morgan fingerprint density at radius 2 is 2.26 bits per heavy atom. The van der Waals surface area contributed by atoms with Crippen LogP contribution in [0.3, 0.4) is 0 Å². The molecule has 104 valence electrons. The first kappa shape index (κ1) is 12.9. The Kier molecular flexibility index (Phi) is 3.21. The van der Waals surface area contributed by atoms with Crippen LogP contribution in [0.25, 0.3) is 0 Å². The second kappa shape index (κ2) is 4.75. The molecule has 0 amide bonds. The maximum atomic E-state index is 6.04. The van der Waals surface area contributed by atoms with E-state index in [1.54, 1.807) is 0 Å². The third-order valence-electron chi connectivity index (χ3n) is 4.39. The number of anilines is 1. The largest absolute Gasteiger partial charge is 0.339 e. The standard InChI is InChI=1S/C15H24N4/c1-15(2)6-5-13-11(8-15)9-17-14(18-13)19-7-3-4-12(16)10-19/h9,12H,3-8,10,16H2,1-2H3. The van der Waals surface area contributed by atoms with Gasteiger partial charge in [-0.05, 0) is 43.1 Å². The highest BCUT2D eigenvalue weighted by molar-refractivity contribution is 5.35. The predicted octanol–water partition coefficient (Wildman–Crippen LogP) is 1.92. The third kappa shape index (κ3) is 2.73. The van der Waals surface area contributed by atoms with E-state index >= 15 is 0 Å². The predicted molar refractivity (Wildman–Crippen MR) is 77.3 cm³/mol. The molecule has 0 bridgehead atoms. The summed E-state index contributed by atoms with van der Waals surface area (Å²) in [6.07, 6.45) is 7.71. The summed E-state index contributed by atoms with van der Waals surface area (Å²) in [6, 6.07) is 0.271. The summed E-state index contributed by atoms with van der Waals surface area (Å²) in [5, 5.41) is 0. The van der Waals surface area contributed by atoms with Gasteiger partial charge in [-0.3, -0.25) is 0 Å². The van der Waals surface area contributed by atoms with Crippen molar-refractivity contribution >= 4 is 5.95 Å². The molecular formula is C15H24N4. The van der Waals surface area contributed by atoms with Gasteiger partial charge < -0.3 is 10.6 Å². The summed E-state index contributed by atoms with van der Waals surface area (Å²) in [7, 11) is 0. The molecule has 0 saturated carbocycles. The minimum absolute atomic E-state index is 0.271. The zero-order valence-electron chi connectivity index (χ0n) is 12.0. The number of aryl methyl sites for hydroxylation is 1. The van der Waals surface area contributed by atoms with Crippen molar-refractivity contribution in [2.45, 2.75) is 52.0 Å².